The molecule has 1 aromatic carbocycles. The summed E-state index contributed by atoms with van der Waals surface area (Å²) < 4.78 is 35.3. The van der Waals surface area contributed by atoms with Crippen LogP contribution in [0.1, 0.15) is 12.8 Å². The fourth-order valence-corrected chi connectivity index (χ4v) is 5.09. The third kappa shape index (κ3) is 3.33. The van der Waals surface area contributed by atoms with E-state index in [9.17, 15) is 18.0 Å². The summed E-state index contributed by atoms with van der Waals surface area (Å²) in [5, 5.41) is 0. The maximum Gasteiger partial charge on any atom is 0.243 e. The molecule has 2 amide bonds. The van der Waals surface area contributed by atoms with Crippen LogP contribution in [0.5, 0.6) is 0 Å². The van der Waals surface area contributed by atoms with Crippen molar-refractivity contribution in [2.45, 2.75) is 17.7 Å². The van der Waals surface area contributed by atoms with Gasteiger partial charge in [0, 0.05) is 39.0 Å². The Balaban J connectivity index is 1.48. The van der Waals surface area contributed by atoms with Crippen LogP contribution in [-0.4, -0.2) is 59.5 Å². The second kappa shape index (κ2) is 6.98. The van der Waals surface area contributed by atoms with Crippen molar-refractivity contribution in [3.63, 3.8) is 0 Å². The number of anilines is 2. The molecule has 2 aliphatic heterocycles. The van der Waals surface area contributed by atoms with Crippen LogP contribution >= 0.6 is 11.7 Å². The molecule has 2 aromatic rings. The summed E-state index contributed by atoms with van der Waals surface area (Å²) in [6, 6.07) is 5.90. The largest absolute Gasteiger partial charge is 0.352 e. The highest BCUT2D eigenvalue weighted by molar-refractivity contribution is 7.89. The Morgan fingerprint density at radius 2 is 1.56 bits per heavy atom. The van der Waals surface area contributed by atoms with E-state index in [1.54, 1.807) is 6.20 Å². The lowest BCUT2D eigenvalue weighted by Crippen LogP contribution is -2.48. The summed E-state index contributed by atoms with van der Waals surface area (Å²) in [6.45, 7) is 1.79. The Morgan fingerprint density at radius 3 is 2.11 bits per heavy atom. The number of benzene rings is 1. The molecule has 0 radical (unpaired) electrons. The number of rotatable bonds is 4. The first-order valence-corrected chi connectivity index (χ1v) is 10.6. The standard InChI is InChI=1S/C16H17N5O4S2/c22-15-5-6-16(23)21(15)12-1-3-13(4-2-12)27(24,25)20-9-7-19(8-10-20)14-11-17-26-18-14/h1-4,11H,5-10H2. The molecule has 142 valence electrons. The number of nitrogens with zero attached hydrogens (tertiary/aromatic N) is 5. The quantitative estimate of drug-likeness (QED) is 0.687. The average molecular weight is 407 g/mol. The van der Waals surface area contributed by atoms with E-state index < -0.39 is 10.0 Å². The highest BCUT2D eigenvalue weighted by Gasteiger charge is 2.32. The molecule has 1 aromatic heterocycles. The van der Waals surface area contributed by atoms with Crippen molar-refractivity contribution in [1.29, 1.82) is 0 Å². The van der Waals surface area contributed by atoms with E-state index in [-0.39, 0.29) is 29.6 Å². The second-order valence-corrected chi connectivity index (χ2v) is 8.77. The van der Waals surface area contributed by atoms with Gasteiger partial charge in [0.25, 0.3) is 0 Å². The number of sulfonamides is 1. The molecule has 4 rings (SSSR count). The van der Waals surface area contributed by atoms with Crippen molar-refractivity contribution < 1.29 is 18.0 Å². The predicted molar refractivity (Wildman–Crippen MR) is 99.0 cm³/mol. The smallest absolute Gasteiger partial charge is 0.243 e. The molecule has 2 aliphatic rings. The highest BCUT2D eigenvalue weighted by atomic mass is 32.2. The number of imide groups is 1. The van der Waals surface area contributed by atoms with Gasteiger partial charge in [-0.1, -0.05) is 0 Å². The number of amides is 2. The molecule has 27 heavy (non-hydrogen) atoms. The normalized spacial score (nSPS) is 19.1. The Bertz CT molecular complexity index is 935. The van der Waals surface area contributed by atoms with Crippen molar-refractivity contribution in [2.75, 3.05) is 36.0 Å². The summed E-state index contributed by atoms with van der Waals surface area (Å²) in [6.07, 6.45) is 2.06. The number of hydrogen-bond donors (Lipinski definition) is 0. The number of carbonyl (C=O) groups excluding carboxylic acids is 2. The van der Waals surface area contributed by atoms with Crippen molar-refractivity contribution in [1.82, 2.24) is 13.1 Å². The lowest BCUT2D eigenvalue weighted by atomic mass is 10.3. The van der Waals surface area contributed by atoms with Crippen LogP contribution < -0.4 is 9.80 Å². The van der Waals surface area contributed by atoms with E-state index in [1.165, 1.54) is 28.6 Å². The number of carbonyl (C=O) groups is 2. The van der Waals surface area contributed by atoms with E-state index in [4.69, 9.17) is 0 Å². The van der Waals surface area contributed by atoms with Crippen molar-refractivity contribution >= 4 is 45.1 Å². The molecule has 0 aliphatic carbocycles. The predicted octanol–water partition coefficient (Wildman–Crippen LogP) is 0.702. The average Bonchev–Trinajstić information content (AvgIpc) is 3.32. The van der Waals surface area contributed by atoms with Gasteiger partial charge in [0.15, 0.2) is 5.82 Å². The minimum atomic E-state index is -3.64. The van der Waals surface area contributed by atoms with Crippen molar-refractivity contribution in [3.8, 4) is 0 Å². The maximum absolute atomic E-state index is 12.9. The van der Waals surface area contributed by atoms with E-state index in [2.05, 4.69) is 8.75 Å². The zero-order valence-electron chi connectivity index (χ0n) is 14.3. The van der Waals surface area contributed by atoms with Crippen LogP contribution in [-0.2, 0) is 19.6 Å². The number of hydrogen-bond acceptors (Lipinski definition) is 8. The zero-order chi connectivity index (χ0) is 19.0. The van der Waals surface area contributed by atoms with Gasteiger partial charge in [-0.05, 0) is 24.3 Å². The Kier molecular flexibility index (Phi) is 4.66. The first-order valence-electron chi connectivity index (χ1n) is 8.45. The molecule has 0 spiro atoms. The molecule has 0 atom stereocenters. The molecule has 0 saturated carbocycles. The molecule has 2 saturated heterocycles. The van der Waals surface area contributed by atoms with Gasteiger partial charge < -0.3 is 4.90 Å². The Labute approximate surface area is 160 Å². The number of piperazine rings is 1. The third-order valence-electron chi connectivity index (χ3n) is 4.70. The third-order valence-corrected chi connectivity index (χ3v) is 7.08. The van der Waals surface area contributed by atoms with Crippen LogP contribution in [0, 0.1) is 0 Å². The minimum absolute atomic E-state index is 0.147. The molecule has 3 heterocycles. The summed E-state index contributed by atoms with van der Waals surface area (Å²) >= 11 is 1.12. The van der Waals surface area contributed by atoms with Crippen LogP contribution in [0.15, 0.2) is 35.4 Å². The van der Waals surface area contributed by atoms with Gasteiger partial charge in [-0.3, -0.25) is 14.5 Å². The number of aromatic nitrogens is 2. The van der Waals surface area contributed by atoms with Crippen LogP contribution in [0.25, 0.3) is 0 Å². The molecule has 0 N–H and O–H groups in total. The molecule has 2 fully saturated rings. The van der Waals surface area contributed by atoms with Gasteiger partial charge in [0.1, 0.15) is 0 Å². The van der Waals surface area contributed by atoms with Gasteiger partial charge >= 0.3 is 0 Å². The fourth-order valence-electron chi connectivity index (χ4n) is 3.24. The van der Waals surface area contributed by atoms with Gasteiger partial charge in [-0.25, -0.2) is 8.42 Å². The van der Waals surface area contributed by atoms with E-state index in [1.807, 2.05) is 4.90 Å². The first kappa shape index (κ1) is 18.0. The van der Waals surface area contributed by atoms with Gasteiger partial charge in [-0.2, -0.15) is 13.1 Å². The monoisotopic (exact) mass is 407 g/mol. The van der Waals surface area contributed by atoms with Gasteiger partial charge in [0.2, 0.25) is 21.8 Å². The lowest BCUT2D eigenvalue weighted by molar-refractivity contribution is -0.121. The van der Waals surface area contributed by atoms with E-state index in [0.717, 1.165) is 22.4 Å². The van der Waals surface area contributed by atoms with Crippen LogP contribution in [0.3, 0.4) is 0 Å². The van der Waals surface area contributed by atoms with E-state index in [0.29, 0.717) is 31.9 Å². The summed E-state index contributed by atoms with van der Waals surface area (Å²) in [7, 11) is -3.64. The maximum atomic E-state index is 12.9. The Morgan fingerprint density at radius 1 is 0.926 bits per heavy atom. The summed E-state index contributed by atoms with van der Waals surface area (Å²) in [4.78, 5) is 26.9. The molecule has 9 nitrogen and oxygen atoms in total. The van der Waals surface area contributed by atoms with Crippen LogP contribution in [0.2, 0.25) is 0 Å². The SMILES string of the molecule is O=C1CCC(=O)N1c1ccc(S(=O)(=O)N2CCN(c3cnsn3)CC2)cc1. The lowest BCUT2D eigenvalue weighted by Gasteiger charge is -2.33. The minimum Gasteiger partial charge on any atom is -0.352 e. The molecular formula is C16H17N5O4S2. The Hall–Kier alpha value is -2.37. The van der Waals surface area contributed by atoms with Crippen molar-refractivity contribution in [3.05, 3.63) is 30.5 Å². The zero-order valence-corrected chi connectivity index (χ0v) is 15.9. The molecule has 11 heteroatoms. The highest BCUT2D eigenvalue weighted by Crippen LogP contribution is 2.26. The van der Waals surface area contributed by atoms with Crippen molar-refractivity contribution in [2.24, 2.45) is 0 Å². The summed E-state index contributed by atoms with van der Waals surface area (Å²) in [5.74, 6) is 0.243. The fraction of sp³-hybridized carbons (Fsp3) is 0.375. The van der Waals surface area contributed by atoms with E-state index >= 15 is 0 Å². The van der Waals surface area contributed by atoms with Gasteiger partial charge in [-0.15, -0.1) is 0 Å². The molecule has 0 unspecified atom stereocenters. The van der Waals surface area contributed by atoms with Crippen LogP contribution in [0.4, 0.5) is 11.5 Å². The molecular weight excluding hydrogens is 390 g/mol. The van der Waals surface area contributed by atoms with Gasteiger partial charge in [0.05, 0.1) is 28.5 Å². The molecule has 0 bridgehead atoms. The first-order chi connectivity index (χ1) is 13.0. The summed E-state index contributed by atoms with van der Waals surface area (Å²) in [5.41, 5.74) is 0.405. The topological polar surface area (TPSA) is 104 Å². The second-order valence-electron chi connectivity index (χ2n) is 6.27.